The van der Waals surface area contributed by atoms with Crippen LogP contribution in [0.1, 0.15) is 11.4 Å². The van der Waals surface area contributed by atoms with Crippen molar-refractivity contribution < 1.29 is 9.21 Å². The van der Waals surface area contributed by atoms with Crippen molar-refractivity contribution in [2.45, 2.75) is 13.0 Å². The molecule has 0 aromatic carbocycles. The number of nitrogens with one attached hydrogen (secondary N) is 1. The van der Waals surface area contributed by atoms with Crippen LogP contribution in [0, 0.1) is 0 Å². The molecule has 130 valence electrons. The minimum atomic E-state index is -0.108. The third-order valence-electron chi connectivity index (χ3n) is 3.53. The standard InChI is InChI=1S/C18H14N4O2S2/c23-16(8-12-11-26-18(22-12)14-4-1-2-6-19-14)20-9-13-10-24-17(21-13)15-5-3-7-25-15/h1-7,10-11H,8-9H2,(H,20,23). The van der Waals surface area contributed by atoms with E-state index in [1.54, 1.807) is 23.8 Å². The number of hydrogen-bond donors (Lipinski definition) is 1. The molecule has 4 heterocycles. The van der Waals surface area contributed by atoms with Crippen LogP contribution < -0.4 is 5.32 Å². The monoisotopic (exact) mass is 382 g/mol. The molecule has 0 spiro atoms. The molecular weight excluding hydrogens is 368 g/mol. The van der Waals surface area contributed by atoms with Gasteiger partial charge in [-0.05, 0) is 23.6 Å². The molecule has 4 aromatic rings. The summed E-state index contributed by atoms with van der Waals surface area (Å²) >= 11 is 3.04. The normalized spacial score (nSPS) is 10.8. The number of oxazole rings is 1. The fourth-order valence-electron chi connectivity index (χ4n) is 2.31. The molecule has 0 atom stereocenters. The summed E-state index contributed by atoms with van der Waals surface area (Å²) in [5.41, 5.74) is 2.23. The molecule has 4 aromatic heterocycles. The highest BCUT2D eigenvalue weighted by Gasteiger charge is 2.11. The molecular formula is C18H14N4O2S2. The number of carbonyl (C=O) groups is 1. The summed E-state index contributed by atoms with van der Waals surface area (Å²) < 4.78 is 5.44. The maximum absolute atomic E-state index is 12.1. The van der Waals surface area contributed by atoms with E-state index >= 15 is 0 Å². The molecule has 8 heteroatoms. The van der Waals surface area contributed by atoms with Gasteiger partial charge in [0.25, 0.3) is 0 Å². The van der Waals surface area contributed by atoms with Crippen LogP contribution in [-0.4, -0.2) is 20.9 Å². The summed E-state index contributed by atoms with van der Waals surface area (Å²) in [6.45, 7) is 0.324. The largest absolute Gasteiger partial charge is 0.443 e. The molecule has 0 radical (unpaired) electrons. The summed E-state index contributed by atoms with van der Waals surface area (Å²) in [6.07, 6.45) is 3.52. The van der Waals surface area contributed by atoms with Gasteiger partial charge in [-0.1, -0.05) is 12.1 Å². The highest BCUT2D eigenvalue weighted by molar-refractivity contribution is 7.13. The Kier molecular flexibility index (Phi) is 4.85. The molecule has 1 N–H and O–H groups in total. The molecule has 0 fully saturated rings. The summed E-state index contributed by atoms with van der Waals surface area (Å²) in [5, 5.41) is 7.51. The van der Waals surface area contributed by atoms with Crippen LogP contribution in [0.4, 0.5) is 0 Å². The number of carbonyl (C=O) groups excluding carboxylic acids is 1. The van der Waals surface area contributed by atoms with Gasteiger partial charge in [0.2, 0.25) is 11.8 Å². The van der Waals surface area contributed by atoms with Gasteiger partial charge in [-0.2, -0.15) is 0 Å². The summed E-state index contributed by atoms with van der Waals surface area (Å²) in [6, 6.07) is 9.56. The van der Waals surface area contributed by atoms with Gasteiger partial charge in [0, 0.05) is 11.6 Å². The van der Waals surface area contributed by atoms with E-state index in [-0.39, 0.29) is 12.3 Å². The smallest absolute Gasteiger partial charge is 0.236 e. The Labute approximate surface area is 157 Å². The van der Waals surface area contributed by atoms with Gasteiger partial charge in [0.1, 0.15) is 11.3 Å². The molecule has 0 aliphatic heterocycles. The minimum absolute atomic E-state index is 0.108. The Morgan fingerprint density at radius 3 is 2.88 bits per heavy atom. The van der Waals surface area contributed by atoms with Gasteiger partial charge in [0.05, 0.1) is 34.9 Å². The number of aromatic nitrogens is 3. The van der Waals surface area contributed by atoms with Gasteiger partial charge in [-0.3, -0.25) is 9.78 Å². The van der Waals surface area contributed by atoms with Gasteiger partial charge < -0.3 is 9.73 Å². The second-order valence-corrected chi connectivity index (χ2v) is 7.24. The predicted molar refractivity (Wildman–Crippen MR) is 101 cm³/mol. The van der Waals surface area contributed by atoms with Crippen molar-refractivity contribution in [2.24, 2.45) is 0 Å². The van der Waals surface area contributed by atoms with E-state index in [2.05, 4.69) is 20.3 Å². The molecule has 1 amide bonds. The van der Waals surface area contributed by atoms with Crippen LogP contribution in [0.15, 0.2) is 58.0 Å². The lowest BCUT2D eigenvalue weighted by atomic mass is 10.3. The average molecular weight is 382 g/mol. The molecule has 0 saturated carbocycles. The van der Waals surface area contributed by atoms with Crippen molar-refractivity contribution in [3.05, 3.63) is 64.9 Å². The number of pyridine rings is 1. The van der Waals surface area contributed by atoms with Crippen molar-refractivity contribution in [3.63, 3.8) is 0 Å². The lowest BCUT2D eigenvalue weighted by molar-refractivity contribution is -0.120. The fraction of sp³-hybridized carbons (Fsp3) is 0.111. The zero-order valence-corrected chi connectivity index (χ0v) is 15.2. The molecule has 0 unspecified atom stereocenters. The van der Waals surface area contributed by atoms with Gasteiger partial charge in [0.15, 0.2) is 0 Å². The van der Waals surface area contributed by atoms with E-state index in [1.165, 1.54) is 11.3 Å². The third kappa shape index (κ3) is 3.87. The average Bonchev–Trinajstić information content (AvgIpc) is 3.41. The van der Waals surface area contributed by atoms with Crippen LogP contribution in [0.25, 0.3) is 21.5 Å². The Morgan fingerprint density at radius 2 is 2.08 bits per heavy atom. The SMILES string of the molecule is O=C(Cc1csc(-c2ccccn2)n1)NCc1coc(-c2cccs2)n1. The zero-order valence-electron chi connectivity index (χ0n) is 13.6. The highest BCUT2D eigenvalue weighted by Crippen LogP contribution is 2.24. The number of hydrogen-bond acceptors (Lipinski definition) is 7. The first-order valence-corrected chi connectivity index (χ1v) is 9.64. The Hall–Kier alpha value is -2.84. The molecule has 6 nitrogen and oxygen atoms in total. The number of amides is 1. The Balaban J connectivity index is 1.33. The third-order valence-corrected chi connectivity index (χ3v) is 5.30. The number of thiazole rings is 1. The van der Waals surface area contributed by atoms with Crippen molar-refractivity contribution in [3.8, 4) is 21.5 Å². The maximum Gasteiger partial charge on any atom is 0.236 e. The van der Waals surface area contributed by atoms with E-state index in [4.69, 9.17) is 4.42 Å². The second kappa shape index (κ2) is 7.59. The number of rotatable bonds is 6. The zero-order chi connectivity index (χ0) is 17.8. The topological polar surface area (TPSA) is 80.9 Å². The predicted octanol–water partition coefficient (Wildman–Crippen LogP) is 3.78. The fourth-order valence-corrected chi connectivity index (χ4v) is 3.76. The van der Waals surface area contributed by atoms with Crippen LogP contribution >= 0.6 is 22.7 Å². The Bertz CT molecular complexity index is 993. The summed E-state index contributed by atoms with van der Waals surface area (Å²) in [5.74, 6) is 0.465. The quantitative estimate of drug-likeness (QED) is 0.549. The highest BCUT2D eigenvalue weighted by atomic mass is 32.1. The van der Waals surface area contributed by atoms with Crippen LogP contribution in [0.2, 0.25) is 0 Å². The first-order chi connectivity index (χ1) is 12.8. The van der Waals surface area contributed by atoms with Crippen molar-refractivity contribution in [1.29, 1.82) is 0 Å². The van der Waals surface area contributed by atoms with Crippen molar-refractivity contribution >= 4 is 28.6 Å². The van der Waals surface area contributed by atoms with E-state index in [9.17, 15) is 4.79 Å². The van der Waals surface area contributed by atoms with Gasteiger partial charge in [-0.25, -0.2) is 9.97 Å². The molecule has 4 rings (SSSR count). The molecule has 0 aliphatic rings. The van der Waals surface area contributed by atoms with Crippen molar-refractivity contribution in [1.82, 2.24) is 20.3 Å². The summed E-state index contributed by atoms with van der Waals surface area (Å²) in [7, 11) is 0. The lowest BCUT2D eigenvalue weighted by Crippen LogP contribution is -2.24. The van der Waals surface area contributed by atoms with Gasteiger partial charge in [-0.15, -0.1) is 22.7 Å². The van der Waals surface area contributed by atoms with Crippen LogP contribution in [0.3, 0.4) is 0 Å². The molecule has 0 saturated heterocycles. The number of nitrogens with zero attached hydrogens (tertiary/aromatic N) is 3. The molecule has 0 bridgehead atoms. The van der Waals surface area contributed by atoms with E-state index in [0.29, 0.717) is 18.1 Å². The number of thiophene rings is 1. The minimum Gasteiger partial charge on any atom is -0.443 e. The van der Waals surface area contributed by atoms with Gasteiger partial charge >= 0.3 is 0 Å². The second-order valence-electron chi connectivity index (χ2n) is 5.43. The maximum atomic E-state index is 12.1. The van der Waals surface area contributed by atoms with E-state index in [1.807, 2.05) is 41.1 Å². The Morgan fingerprint density at radius 1 is 1.12 bits per heavy atom. The first-order valence-electron chi connectivity index (χ1n) is 7.89. The van der Waals surface area contributed by atoms with Crippen LogP contribution in [0.5, 0.6) is 0 Å². The first kappa shape index (κ1) is 16.6. The molecule has 0 aliphatic carbocycles. The van der Waals surface area contributed by atoms with E-state index in [0.717, 1.165) is 21.3 Å². The summed E-state index contributed by atoms with van der Waals surface area (Å²) in [4.78, 5) is 26.2. The van der Waals surface area contributed by atoms with E-state index < -0.39 is 0 Å². The lowest BCUT2D eigenvalue weighted by Gasteiger charge is -2.00. The van der Waals surface area contributed by atoms with Crippen LogP contribution in [-0.2, 0) is 17.8 Å². The molecule has 26 heavy (non-hydrogen) atoms. The van der Waals surface area contributed by atoms with Crippen molar-refractivity contribution in [2.75, 3.05) is 0 Å².